The average molecular weight is 272 g/mol. The van der Waals surface area contributed by atoms with Crippen molar-refractivity contribution in [1.29, 1.82) is 0 Å². The molecule has 1 aliphatic rings. The van der Waals surface area contributed by atoms with Crippen LogP contribution in [0, 0.1) is 0 Å². The molecular weight excluding hydrogens is 258 g/mol. The Labute approximate surface area is 93.5 Å². The molecule has 1 aliphatic heterocycles. The Morgan fingerprint density at radius 1 is 1.69 bits per heavy atom. The van der Waals surface area contributed by atoms with Crippen molar-refractivity contribution in [2.75, 3.05) is 6.61 Å². The second-order valence-corrected chi connectivity index (χ2v) is 9.79. The van der Waals surface area contributed by atoms with Crippen LogP contribution in [0.4, 0.5) is 8.99 Å². The quantitative estimate of drug-likeness (QED) is 0.469. The van der Waals surface area contributed by atoms with Gasteiger partial charge in [0, 0.05) is 0 Å². The third kappa shape index (κ3) is 5.07. The van der Waals surface area contributed by atoms with Crippen molar-refractivity contribution in [3.05, 3.63) is 0 Å². The Kier molecular flexibility index (Phi) is 4.11. The van der Waals surface area contributed by atoms with E-state index in [0.29, 0.717) is 12.5 Å². The molecule has 1 heterocycles. The minimum Gasteiger partial charge on any atom is -0.430 e. The fourth-order valence-corrected chi connectivity index (χ4v) is 5.19. The van der Waals surface area contributed by atoms with E-state index >= 15 is 0 Å². The van der Waals surface area contributed by atoms with Gasteiger partial charge in [0.1, 0.15) is 12.7 Å². The molecule has 0 bridgehead atoms. The smallest absolute Gasteiger partial charge is 0.430 e. The lowest BCUT2D eigenvalue weighted by molar-refractivity contribution is 0.117. The van der Waals surface area contributed by atoms with Gasteiger partial charge in [-0.25, -0.2) is 9.36 Å². The molecule has 6 nitrogen and oxygen atoms in total. The van der Waals surface area contributed by atoms with Crippen molar-refractivity contribution in [1.82, 2.24) is 0 Å². The Bertz CT molecular complexity index is 316. The summed E-state index contributed by atoms with van der Waals surface area (Å²) in [6, 6.07) is 0.406. The normalized spacial score (nSPS) is 24.8. The first-order valence-electron chi connectivity index (χ1n) is 4.75. The highest BCUT2D eigenvalue weighted by Gasteiger charge is 2.35. The van der Waals surface area contributed by atoms with Crippen molar-refractivity contribution >= 4 is 22.4 Å². The zero-order valence-corrected chi connectivity index (χ0v) is 10.9. The molecule has 0 aromatic carbocycles. The Hall–Kier alpha value is -0.433. The van der Waals surface area contributed by atoms with Crippen molar-refractivity contribution in [3.8, 4) is 0 Å². The summed E-state index contributed by atoms with van der Waals surface area (Å²) in [6.07, 6.45) is -0.658. The van der Waals surface area contributed by atoms with E-state index in [4.69, 9.17) is 9.63 Å². The van der Waals surface area contributed by atoms with Gasteiger partial charge >= 0.3 is 14.1 Å². The van der Waals surface area contributed by atoms with Crippen LogP contribution in [0.5, 0.6) is 0 Å². The Balaban J connectivity index is 2.36. The highest BCUT2D eigenvalue weighted by Crippen LogP contribution is 2.47. The number of hydrogen-bond donors (Lipinski definition) is 1. The number of cyclic esters (lactones) is 2. The molecular formula is C7H14FO6PSi. The van der Waals surface area contributed by atoms with Gasteiger partial charge in [0.15, 0.2) is 0 Å². The molecule has 0 aliphatic carbocycles. The molecule has 0 saturated carbocycles. The van der Waals surface area contributed by atoms with Crippen LogP contribution in [0.3, 0.4) is 0 Å². The van der Waals surface area contributed by atoms with Crippen LogP contribution < -0.4 is 0 Å². The predicted molar refractivity (Wildman–Crippen MR) is 55.1 cm³/mol. The fraction of sp³-hybridized carbons (Fsp3) is 0.857. The summed E-state index contributed by atoms with van der Waals surface area (Å²) in [7, 11) is -7.50. The predicted octanol–water partition coefficient (Wildman–Crippen LogP) is 2.20. The maximum Gasteiger partial charge on any atom is 0.508 e. The summed E-state index contributed by atoms with van der Waals surface area (Å²) in [4.78, 5) is 19.1. The lowest BCUT2D eigenvalue weighted by Crippen LogP contribution is -2.30. The minimum absolute atomic E-state index is 0.162. The second kappa shape index (κ2) is 4.83. The monoisotopic (exact) mass is 272 g/mol. The van der Waals surface area contributed by atoms with E-state index in [1.54, 1.807) is 13.1 Å². The third-order valence-electron chi connectivity index (χ3n) is 2.08. The lowest BCUT2D eigenvalue weighted by Gasteiger charge is -2.22. The van der Waals surface area contributed by atoms with Crippen molar-refractivity contribution in [2.24, 2.45) is 0 Å². The zero-order valence-electron chi connectivity index (χ0n) is 9.01. The standard InChI is InChI=1S/C7H14FO6PSi/c1-16(2,14-15(8,10)11)4-3-6-5-12-7(9)13-6/h6H,3-5H2,1-2H3,(H,10,11). The summed E-state index contributed by atoms with van der Waals surface area (Å²) in [6.45, 7) is 3.40. The molecule has 9 heteroatoms. The molecule has 1 fully saturated rings. The van der Waals surface area contributed by atoms with Crippen molar-refractivity contribution < 1.29 is 32.1 Å². The van der Waals surface area contributed by atoms with Crippen molar-refractivity contribution in [2.45, 2.75) is 31.7 Å². The van der Waals surface area contributed by atoms with Crippen LogP contribution in [0.15, 0.2) is 0 Å². The van der Waals surface area contributed by atoms with Gasteiger partial charge in [-0.15, -0.1) is 4.20 Å². The van der Waals surface area contributed by atoms with E-state index in [1.165, 1.54) is 0 Å². The first-order valence-corrected chi connectivity index (χ1v) is 9.33. The maximum absolute atomic E-state index is 12.5. The number of ether oxygens (including phenoxy) is 2. The highest BCUT2D eigenvalue weighted by atomic mass is 31.2. The first kappa shape index (κ1) is 13.6. The van der Waals surface area contributed by atoms with Gasteiger partial charge in [0.2, 0.25) is 8.32 Å². The number of halogens is 1. The molecule has 1 N–H and O–H groups in total. The molecule has 0 aromatic rings. The van der Waals surface area contributed by atoms with E-state index < -0.39 is 22.4 Å². The number of rotatable bonds is 5. The van der Waals surface area contributed by atoms with Crippen LogP contribution in [0.2, 0.25) is 19.1 Å². The van der Waals surface area contributed by atoms with Gasteiger partial charge in [0.25, 0.3) is 0 Å². The van der Waals surface area contributed by atoms with Gasteiger partial charge in [-0.1, -0.05) is 0 Å². The van der Waals surface area contributed by atoms with E-state index in [1.807, 2.05) is 0 Å². The largest absolute Gasteiger partial charge is 0.508 e. The van der Waals surface area contributed by atoms with Crippen LogP contribution in [0.1, 0.15) is 6.42 Å². The van der Waals surface area contributed by atoms with Crippen LogP contribution in [0.25, 0.3) is 0 Å². The van der Waals surface area contributed by atoms with Crippen LogP contribution in [-0.2, 0) is 18.3 Å². The average Bonchev–Trinajstić information content (AvgIpc) is 2.44. The van der Waals surface area contributed by atoms with Gasteiger partial charge in [-0.2, -0.15) is 0 Å². The second-order valence-electron chi connectivity index (χ2n) is 4.14. The number of carbonyl (C=O) groups is 1. The van der Waals surface area contributed by atoms with Crippen molar-refractivity contribution in [3.63, 3.8) is 0 Å². The minimum atomic E-state index is -4.94. The summed E-state index contributed by atoms with van der Waals surface area (Å²) in [5, 5.41) is 0. The number of carbonyl (C=O) groups excluding carboxylic acids is 1. The van der Waals surface area contributed by atoms with E-state index in [0.717, 1.165) is 0 Å². The highest BCUT2D eigenvalue weighted by molar-refractivity contribution is 7.48. The lowest BCUT2D eigenvalue weighted by atomic mass is 10.3. The molecule has 0 spiro atoms. The van der Waals surface area contributed by atoms with E-state index in [9.17, 15) is 13.6 Å². The third-order valence-corrected chi connectivity index (χ3v) is 6.45. The van der Waals surface area contributed by atoms with E-state index in [-0.39, 0.29) is 12.7 Å². The fourth-order valence-electron chi connectivity index (χ4n) is 1.37. The molecule has 2 atom stereocenters. The van der Waals surface area contributed by atoms with Gasteiger partial charge < -0.3 is 13.7 Å². The molecule has 94 valence electrons. The molecule has 0 radical (unpaired) electrons. The summed E-state index contributed by atoms with van der Waals surface area (Å²) < 4.78 is 36.8. The Morgan fingerprint density at radius 2 is 2.31 bits per heavy atom. The molecule has 1 saturated heterocycles. The van der Waals surface area contributed by atoms with Gasteiger partial charge in [0.05, 0.1) is 0 Å². The maximum atomic E-state index is 12.5. The SMILES string of the molecule is C[Si](C)(CCC1COC(=O)O1)OP(=O)(O)F. The first-order chi connectivity index (χ1) is 7.18. The van der Waals surface area contributed by atoms with Crippen LogP contribution in [-0.4, -0.2) is 32.1 Å². The zero-order chi connectivity index (χ0) is 12.4. The summed E-state index contributed by atoms with van der Waals surface area (Å²) in [5.41, 5.74) is 0. The van der Waals surface area contributed by atoms with E-state index in [2.05, 4.69) is 8.95 Å². The van der Waals surface area contributed by atoms with Gasteiger partial charge in [-0.3, -0.25) is 4.89 Å². The molecule has 0 aromatic heterocycles. The molecule has 16 heavy (non-hydrogen) atoms. The number of hydrogen-bond acceptors (Lipinski definition) is 5. The van der Waals surface area contributed by atoms with Crippen LogP contribution >= 0.6 is 7.91 Å². The van der Waals surface area contributed by atoms with Gasteiger partial charge in [-0.05, 0) is 25.6 Å². The summed E-state index contributed by atoms with van der Waals surface area (Å²) in [5.74, 6) is 0. The topological polar surface area (TPSA) is 82.1 Å². The Morgan fingerprint density at radius 3 is 2.75 bits per heavy atom. The summed E-state index contributed by atoms with van der Waals surface area (Å²) >= 11 is 0. The molecule has 0 amide bonds. The molecule has 1 rings (SSSR count). The molecule has 2 unspecified atom stereocenters.